The zero-order valence-corrected chi connectivity index (χ0v) is 16.7. The van der Waals surface area contributed by atoms with E-state index in [9.17, 15) is 0 Å². The Kier molecular flexibility index (Phi) is 5.65. The standard InChI is InChI=1S/C24H24ClNO2/c1-16(15-27)28-21-10-8-17(9-11-21)12-19-14-24(18-4-2-5-20(25)13-18)26-23-7-3-6-22(19)23/h2,4-5,8-11,13-14,16,27H,3,6-7,12,15H2,1H3. The van der Waals surface area contributed by atoms with Gasteiger partial charge in [0.15, 0.2) is 0 Å². The summed E-state index contributed by atoms with van der Waals surface area (Å²) in [7, 11) is 0. The van der Waals surface area contributed by atoms with Crippen LogP contribution in [0.2, 0.25) is 5.02 Å². The van der Waals surface area contributed by atoms with Gasteiger partial charge < -0.3 is 9.84 Å². The Morgan fingerprint density at radius 3 is 2.68 bits per heavy atom. The molecule has 0 saturated carbocycles. The largest absolute Gasteiger partial charge is 0.488 e. The fraction of sp³-hybridized carbons (Fsp3) is 0.292. The molecule has 0 aliphatic heterocycles. The molecule has 1 aliphatic rings. The molecule has 2 aromatic carbocycles. The number of pyridine rings is 1. The Morgan fingerprint density at radius 2 is 1.93 bits per heavy atom. The van der Waals surface area contributed by atoms with Gasteiger partial charge in [-0.2, -0.15) is 0 Å². The highest BCUT2D eigenvalue weighted by atomic mass is 35.5. The van der Waals surface area contributed by atoms with Gasteiger partial charge in [0, 0.05) is 16.3 Å². The normalized spacial score (nSPS) is 14.0. The monoisotopic (exact) mass is 393 g/mol. The van der Waals surface area contributed by atoms with Crippen LogP contribution in [-0.4, -0.2) is 22.8 Å². The SMILES string of the molecule is CC(CO)Oc1ccc(Cc2cc(-c3cccc(Cl)c3)nc3c2CCC3)cc1. The molecule has 1 atom stereocenters. The number of aliphatic hydroxyl groups excluding tert-OH is 1. The molecule has 4 heteroatoms. The highest BCUT2D eigenvalue weighted by molar-refractivity contribution is 6.30. The van der Waals surface area contributed by atoms with E-state index in [0.717, 1.165) is 41.3 Å². The Bertz CT molecular complexity index is 969. The Balaban J connectivity index is 1.62. The maximum Gasteiger partial charge on any atom is 0.119 e. The summed E-state index contributed by atoms with van der Waals surface area (Å²) in [6, 6.07) is 18.3. The van der Waals surface area contributed by atoms with Crippen molar-refractivity contribution in [2.45, 2.75) is 38.7 Å². The molecule has 1 aliphatic carbocycles. The van der Waals surface area contributed by atoms with E-state index in [4.69, 9.17) is 26.4 Å². The molecule has 1 heterocycles. The number of aromatic nitrogens is 1. The lowest BCUT2D eigenvalue weighted by atomic mass is 9.97. The van der Waals surface area contributed by atoms with Crippen LogP contribution in [0.1, 0.15) is 35.7 Å². The quantitative estimate of drug-likeness (QED) is 0.622. The smallest absolute Gasteiger partial charge is 0.119 e. The van der Waals surface area contributed by atoms with Crippen LogP contribution < -0.4 is 4.74 Å². The first-order chi connectivity index (χ1) is 13.6. The van der Waals surface area contributed by atoms with Gasteiger partial charge >= 0.3 is 0 Å². The van der Waals surface area contributed by atoms with E-state index >= 15 is 0 Å². The molecule has 0 spiro atoms. The lowest BCUT2D eigenvalue weighted by molar-refractivity contribution is 0.129. The second kappa shape index (κ2) is 8.34. The zero-order chi connectivity index (χ0) is 19.5. The lowest BCUT2D eigenvalue weighted by Gasteiger charge is -2.14. The first-order valence-electron chi connectivity index (χ1n) is 9.76. The molecular formula is C24H24ClNO2. The third-order valence-corrected chi connectivity index (χ3v) is 5.41. The van der Waals surface area contributed by atoms with Crippen molar-refractivity contribution in [2.75, 3.05) is 6.61 Å². The minimum absolute atomic E-state index is 0.0111. The Hall–Kier alpha value is -2.36. The van der Waals surface area contributed by atoms with Crippen LogP contribution in [0.25, 0.3) is 11.3 Å². The molecule has 1 unspecified atom stereocenters. The minimum Gasteiger partial charge on any atom is -0.488 e. The number of hydrogen-bond acceptors (Lipinski definition) is 3. The van der Waals surface area contributed by atoms with Crippen molar-refractivity contribution in [2.24, 2.45) is 0 Å². The third-order valence-electron chi connectivity index (χ3n) is 5.18. The van der Waals surface area contributed by atoms with Gasteiger partial charge in [-0.25, -0.2) is 0 Å². The van der Waals surface area contributed by atoms with Crippen LogP contribution in [0.4, 0.5) is 0 Å². The first-order valence-corrected chi connectivity index (χ1v) is 10.1. The van der Waals surface area contributed by atoms with Gasteiger partial charge in [0.05, 0.1) is 12.3 Å². The molecule has 0 amide bonds. The fourth-order valence-corrected chi connectivity index (χ4v) is 3.95. The van der Waals surface area contributed by atoms with E-state index in [0.29, 0.717) is 0 Å². The molecule has 28 heavy (non-hydrogen) atoms. The number of fused-ring (bicyclic) bond motifs is 1. The molecule has 3 nitrogen and oxygen atoms in total. The fourth-order valence-electron chi connectivity index (χ4n) is 3.76. The predicted octanol–water partition coefficient (Wildman–Crippen LogP) is 5.24. The van der Waals surface area contributed by atoms with E-state index in [1.165, 1.54) is 28.8 Å². The summed E-state index contributed by atoms with van der Waals surface area (Å²) < 4.78 is 5.66. The van der Waals surface area contributed by atoms with E-state index < -0.39 is 0 Å². The molecule has 0 bridgehead atoms. The lowest BCUT2D eigenvalue weighted by Crippen LogP contribution is -2.16. The van der Waals surface area contributed by atoms with Crippen molar-refractivity contribution in [1.82, 2.24) is 4.98 Å². The van der Waals surface area contributed by atoms with Crippen molar-refractivity contribution in [3.05, 3.63) is 82.0 Å². The summed E-state index contributed by atoms with van der Waals surface area (Å²) in [4.78, 5) is 4.92. The van der Waals surface area contributed by atoms with E-state index in [1.807, 2.05) is 37.3 Å². The molecule has 4 rings (SSSR count). The number of aryl methyl sites for hydroxylation is 1. The summed E-state index contributed by atoms with van der Waals surface area (Å²) in [6.07, 6.45) is 3.98. The molecule has 0 radical (unpaired) electrons. The van der Waals surface area contributed by atoms with Crippen LogP contribution in [0.15, 0.2) is 54.6 Å². The summed E-state index contributed by atoms with van der Waals surface area (Å²) in [5.74, 6) is 0.782. The maximum absolute atomic E-state index is 9.13. The van der Waals surface area contributed by atoms with Gasteiger partial charge in [-0.05, 0) is 79.6 Å². The van der Waals surface area contributed by atoms with Crippen LogP contribution in [-0.2, 0) is 19.3 Å². The van der Waals surface area contributed by atoms with Gasteiger partial charge in [0.1, 0.15) is 11.9 Å². The van der Waals surface area contributed by atoms with Crippen molar-refractivity contribution in [1.29, 1.82) is 0 Å². The van der Waals surface area contributed by atoms with Crippen molar-refractivity contribution >= 4 is 11.6 Å². The summed E-state index contributed by atoms with van der Waals surface area (Å²) in [5.41, 5.74) is 7.26. The number of halogens is 1. The van der Waals surface area contributed by atoms with Crippen LogP contribution in [0, 0.1) is 0 Å². The molecule has 0 saturated heterocycles. The number of hydrogen-bond donors (Lipinski definition) is 1. The average molecular weight is 394 g/mol. The van der Waals surface area contributed by atoms with Crippen LogP contribution in [0.3, 0.4) is 0 Å². The summed E-state index contributed by atoms with van der Waals surface area (Å²) >= 11 is 6.19. The Morgan fingerprint density at radius 1 is 1.11 bits per heavy atom. The van der Waals surface area contributed by atoms with Crippen LogP contribution in [0.5, 0.6) is 5.75 Å². The topological polar surface area (TPSA) is 42.4 Å². The predicted molar refractivity (Wildman–Crippen MR) is 113 cm³/mol. The summed E-state index contributed by atoms with van der Waals surface area (Å²) in [5, 5.41) is 9.86. The van der Waals surface area contributed by atoms with Gasteiger partial charge in [-0.1, -0.05) is 35.9 Å². The third kappa shape index (κ3) is 4.21. The van der Waals surface area contributed by atoms with E-state index in [2.05, 4.69) is 24.3 Å². The zero-order valence-electron chi connectivity index (χ0n) is 16.0. The van der Waals surface area contributed by atoms with Crippen LogP contribution >= 0.6 is 11.6 Å². The van der Waals surface area contributed by atoms with Gasteiger partial charge in [-0.3, -0.25) is 4.98 Å². The van der Waals surface area contributed by atoms with Gasteiger partial charge in [0.2, 0.25) is 0 Å². The second-order valence-electron chi connectivity index (χ2n) is 7.39. The Labute approximate surface area is 171 Å². The molecule has 144 valence electrons. The van der Waals surface area contributed by atoms with E-state index in [-0.39, 0.29) is 12.7 Å². The number of aliphatic hydroxyl groups is 1. The maximum atomic E-state index is 9.13. The number of nitrogens with zero attached hydrogens (tertiary/aromatic N) is 1. The van der Waals surface area contributed by atoms with Crippen molar-refractivity contribution in [3.8, 4) is 17.0 Å². The van der Waals surface area contributed by atoms with Crippen molar-refractivity contribution in [3.63, 3.8) is 0 Å². The molecule has 0 fully saturated rings. The average Bonchev–Trinajstić information content (AvgIpc) is 3.18. The van der Waals surface area contributed by atoms with Crippen molar-refractivity contribution < 1.29 is 9.84 Å². The summed E-state index contributed by atoms with van der Waals surface area (Å²) in [6.45, 7) is 1.86. The van der Waals surface area contributed by atoms with E-state index in [1.54, 1.807) is 0 Å². The molecule has 3 aromatic rings. The van der Waals surface area contributed by atoms with Gasteiger partial charge in [0.25, 0.3) is 0 Å². The highest BCUT2D eigenvalue weighted by Crippen LogP contribution is 2.31. The number of benzene rings is 2. The highest BCUT2D eigenvalue weighted by Gasteiger charge is 2.19. The first kappa shape index (κ1) is 19.0. The molecule has 1 aromatic heterocycles. The molecular weight excluding hydrogens is 370 g/mol. The van der Waals surface area contributed by atoms with Gasteiger partial charge in [-0.15, -0.1) is 0 Å². The number of ether oxygens (including phenoxy) is 1. The minimum atomic E-state index is -0.199. The molecule has 1 N–H and O–H groups in total. The number of rotatable bonds is 6. The second-order valence-corrected chi connectivity index (χ2v) is 7.82.